The van der Waals surface area contributed by atoms with Crippen molar-refractivity contribution < 1.29 is 4.74 Å². The van der Waals surface area contributed by atoms with Gasteiger partial charge in [0.25, 0.3) is 0 Å². The summed E-state index contributed by atoms with van der Waals surface area (Å²) in [6.45, 7) is 4.58. The summed E-state index contributed by atoms with van der Waals surface area (Å²) in [7, 11) is 0. The van der Waals surface area contributed by atoms with E-state index in [0.717, 1.165) is 5.75 Å². The molecule has 2 aromatic rings. The van der Waals surface area contributed by atoms with Crippen LogP contribution < -0.4 is 15.8 Å². The molecule has 0 saturated heterocycles. The molecule has 0 amide bonds. The van der Waals surface area contributed by atoms with Crippen molar-refractivity contribution in [3.05, 3.63) is 42.1 Å². The molecule has 5 heteroatoms. The molecular formula is C14H18N4O. The van der Waals surface area contributed by atoms with E-state index in [9.17, 15) is 0 Å². The lowest BCUT2D eigenvalue weighted by Gasteiger charge is -2.15. The minimum atomic E-state index is 0.0862. The molecule has 0 spiro atoms. The van der Waals surface area contributed by atoms with E-state index in [1.54, 1.807) is 12.3 Å². The molecule has 0 bridgehead atoms. The molecule has 3 N–H and O–H groups in total. The van der Waals surface area contributed by atoms with Crippen molar-refractivity contribution in [1.82, 2.24) is 9.97 Å². The van der Waals surface area contributed by atoms with Crippen molar-refractivity contribution in [3.63, 3.8) is 0 Å². The first-order valence-electron chi connectivity index (χ1n) is 6.18. The highest BCUT2D eigenvalue weighted by Gasteiger charge is 2.05. The third kappa shape index (κ3) is 4.13. The predicted octanol–water partition coefficient (Wildman–Crippen LogP) is 2.25. The van der Waals surface area contributed by atoms with E-state index in [2.05, 4.69) is 15.3 Å². The zero-order chi connectivity index (χ0) is 13.7. The van der Waals surface area contributed by atoms with E-state index in [1.165, 1.54) is 5.56 Å². The van der Waals surface area contributed by atoms with Gasteiger partial charge in [0.1, 0.15) is 18.2 Å². The Bertz CT molecular complexity index is 527. The molecule has 0 fully saturated rings. The number of rotatable bonds is 5. The molecule has 1 atom stereocenters. The van der Waals surface area contributed by atoms with Crippen LogP contribution in [0.2, 0.25) is 0 Å². The molecule has 1 aromatic heterocycles. The lowest BCUT2D eigenvalue weighted by atomic mass is 10.2. The number of aryl methyl sites for hydroxylation is 1. The summed E-state index contributed by atoms with van der Waals surface area (Å²) in [5.74, 6) is 1.82. The van der Waals surface area contributed by atoms with Crippen LogP contribution in [0.4, 0.5) is 11.8 Å². The number of benzene rings is 1. The Morgan fingerprint density at radius 3 is 2.68 bits per heavy atom. The third-order valence-electron chi connectivity index (χ3n) is 2.57. The fourth-order valence-corrected chi connectivity index (χ4v) is 1.56. The molecule has 2 rings (SSSR count). The maximum Gasteiger partial charge on any atom is 0.224 e. The highest BCUT2D eigenvalue weighted by Crippen LogP contribution is 2.12. The molecule has 0 aliphatic rings. The Hall–Kier alpha value is -2.30. The van der Waals surface area contributed by atoms with Crippen molar-refractivity contribution in [2.75, 3.05) is 17.7 Å². The van der Waals surface area contributed by atoms with Gasteiger partial charge in [0, 0.05) is 6.20 Å². The number of nitrogen functional groups attached to an aromatic ring is 1. The summed E-state index contributed by atoms with van der Waals surface area (Å²) >= 11 is 0. The van der Waals surface area contributed by atoms with E-state index >= 15 is 0 Å². The summed E-state index contributed by atoms with van der Waals surface area (Å²) in [5, 5.41) is 3.14. The third-order valence-corrected chi connectivity index (χ3v) is 2.57. The van der Waals surface area contributed by atoms with Crippen LogP contribution in [0.1, 0.15) is 12.5 Å². The molecule has 0 aliphatic carbocycles. The first-order valence-corrected chi connectivity index (χ1v) is 6.18. The first kappa shape index (κ1) is 13.1. The van der Waals surface area contributed by atoms with E-state index in [4.69, 9.17) is 10.5 Å². The van der Waals surface area contributed by atoms with Crippen LogP contribution in [0, 0.1) is 6.92 Å². The fraction of sp³-hybridized carbons (Fsp3) is 0.286. The summed E-state index contributed by atoms with van der Waals surface area (Å²) in [5.41, 5.74) is 6.81. The lowest BCUT2D eigenvalue weighted by molar-refractivity contribution is 0.303. The number of nitrogens with zero attached hydrogens (tertiary/aromatic N) is 2. The molecule has 19 heavy (non-hydrogen) atoms. The summed E-state index contributed by atoms with van der Waals surface area (Å²) < 4.78 is 5.68. The second-order valence-electron chi connectivity index (χ2n) is 4.47. The van der Waals surface area contributed by atoms with Crippen LogP contribution in [0.25, 0.3) is 0 Å². The summed E-state index contributed by atoms with van der Waals surface area (Å²) in [4.78, 5) is 8.17. The molecule has 1 unspecified atom stereocenters. The highest BCUT2D eigenvalue weighted by molar-refractivity contribution is 5.35. The maximum atomic E-state index is 5.68. The van der Waals surface area contributed by atoms with Gasteiger partial charge in [-0.05, 0) is 32.0 Å². The van der Waals surface area contributed by atoms with Gasteiger partial charge in [0.05, 0.1) is 6.04 Å². The van der Waals surface area contributed by atoms with Gasteiger partial charge in [0.15, 0.2) is 0 Å². The zero-order valence-electron chi connectivity index (χ0n) is 11.1. The average Bonchev–Trinajstić information content (AvgIpc) is 2.38. The van der Waals surface area contributed by atoms with Crippen molar-refractivity contribution in [2.24, 2.45) is 0 Å². The lowest BCUT2D eigenvalue weighted by Crippen LogP contribution is -2.24. The number of anilines is 2. The summed E-state index contributed by atoms with van der Waals surface area (Å²) in [6.07, 6.45) is 1.62. The van der Waals surface area contributed by atoms with E-state index < -0.39 is 0 Å². The molecule has 5 nitrogen and oxygen atoms in total. The van der Waals surface area contributed by atoms with E-state index in [1.807, 2.05) is 38.1 Å². The molecule has 100 valence electrons. The number of hydrogen-bond acceptors (Lipinski definition) is 5. The van der Waals surface area contributed by atoms with Gasteiger partial charge in [-0.3, -0.25) is 0 Å². The second kappa shape index (κ2) is 6.04. The van der Waals surface area contributed by atoms with Gasteiger partial charge in [-0.25, -0.2) is 4.98 Å². The number of nitrogens with one attached hydrogen (secondary N) is 1. The second-order valence-corrected chi connectivity index (χ2v) is 4.47. The first-order chi connectivity index (χ1) is 9.13. The van der Waals surface area contributed by atoms with Gasteiger partial charge < -0.3 is 15.8 Å². The number of hydrogen-bond donors (Lipinski definition) is 2. The zero-order valence-corrected chi connectivity index (χ0v) is 11.1. The molecule has 0 saturated carbocycles. The van der Waals surface area contributed by atoms with Crippen molar-refractivity contribution in [3.8, 4) is 5.75 Å². The SMILES string of the molecule is Cc1ccc(OCC(C)Nc2nccc(N)n2)cc1. The average molecular weight is 258 g/mol. The number of ether oxygens (including phenoxy) is 1. The minimum absolute atomic E-state index is 0.0862. The largest absolute Gasteiger partial charge is 0.491 e. The van der Waals surface area contributed by atoms with Crippen LogP contribution in [0.15, 0.2) is 36.5 Å². The highest BCUT2D eigenvalue weighted by atomic mass is 16.5. The Morgan fingerprint density at radius 1 is 1.26 bits per heavy atom. The molecule has 0 radical (unpaired) electrons. The van der Waals surface area contributed by atoms with Gasteiger partial charge in [0.2, 0.25) is 5.95 Å². The van der Waals surface area contributed by atoms with E-state index in [-0.39, 0.29) is 6.04 Å². The van der Waals surface area contributed by atoms with Gasteiger partial charge in [-0.1, -0.05) is 17.7 Å². The van der Waals surface area contributed by atoms with Crippen molar-refractivity contribution >= 4 is 11.8 Å². The van der Waals surface area contributed by atoms with Crippen LogP contribution >= 0.6 is 0 Å². The quantitative estimate of drug-likeness (QED) is 0.860. The smallest absolute Gasteiger partial charge is 0.224 e. The van der Waals surface area contributed by atoms with Gasteiger partial charge in [-0.2, -0.15) is 4.98 Å². The van der Waals surface area contributed by atoms with Gasteiger partial charge in [-0.15, -0.1) is 0 Å². The van der Waals surface area contributed by atoms with Crippen molar-refractivity contribution in [2.45, 2.75) is 19.9 Å². The molecule has 1 heterocycles. The Morgan fingerprint density at radius 2 is 2.00 bits per heavy atom. The molecular weight excluding hydrogens is 240 g/mol. The maximum absolute atomic E-state index is 5.68. The predicted molar refractivity (Wildman–Crippen MR) is 76.2 cm³/mol. The molecule has 1 aromatic carbocycles. The van der Waals surface area contributed by atoms with Crippen LogP contribution in [0.5, 0.6) is 5.75 Å². The standard InChI is InChI=1S/C14H18N4O/c1-10-3-5-12(6-4-10)19-9-11(2)17-14-16-8-7-13(15)18-14/h3-8,11H,9H2,1-2H3,(H3,15,16,17,18). The fourth-order valence-electron chi connectivity index (χ4n) is 1.56. The Balaban J connectivity index is 1.84. The minimum Gasteiger partial charge on any atom is -0.491 e. The normalized spacial score (nSPS) is 11.9. The van der Waals surface area contributed by atoms with Gasteiger partial charge >= 0.3 is 0 Å². The monoisotopic (exact) mass is 258 g/mol. The number of nitrogens with two attached hydrogens (primary N) is 1. The van der Waals surface area contributed by atoms with Crippen LogP contribution in [0.3, 0.4) is 0 Å². The van der Waals surface area contributed by atoms with E-state index in [0.29, 0.717) is 18.4 Å². The topological polar surface area (TPSA) is 73.1 Å². The van der Waals surface area contributed by atoms with Crippen molar-refractivity contribution in [1.29, 1.82) is 0 Å². The Kier molecular flexibility index (Phi) is 4.18. The summed E-state index contributed by atoms with van der Waals surface area (Å²) in [6, 6.07) is 9.70. The van der Waals surface area contributed by atoms with Crippen LogP contribution in [-0.4, -0.2) is 22.6 Å². The number of aromatic nitrogens is 2. The van der Waals surface area contributed by atoms with Crippen LogP contribution in [-0.2, 0) is 0 Å². The molecule has 0 aliphatic heterocycles. The Labute approximate surface area is 112 Å².